The molecule has 1 aromatic rings. The minimum atomic E-state index is 0.176. The van der Waals surface area contributed by atoms with Crippen LogP contribution in [0.25, 0.3) is 0 Å². The van der Waals surface area contributed by atoms with E-state index in [0.717, 1.165) is 32.5 Å². The largest absolute Gasteiger partial charge is 0.371 e. The number of guanidine groups is 1. The van der Waals surface area contributed by atoms with Gasteiger partial charge in [-0.05, 0) is 25.0 Å². The first-order chi connectivity index (χ1) is 8.71. The number of nitrogens with zero attached hydrogens (tertiary/aromatic N) is 3. The van der Waals surface area contributed by atoms with Gasteiger partial charge in [-0.1, -0.05) is 18.2 Å². The van der Waals surface area contributed by atoms with E-state index < -0.39 is 0 Å². The molecule has 0 atom stereocenters. The van der Waals surface area contributed by atoms with Crippen LogP contribution in [0.15, 0.2) is 35.3 Å². The molecule has 2 aliphatic heterocycles. The molecule has 3 rings (SSSR count). The second-order valence-electron chi connectivity index (χ2n) is 5.28. The van der Waals surface area contributed by atoms with Crippen molar-refractivity contribution in [2.75, 3.05) is 31.6 Å². The van der Waals surface area contributed by atoms with Gasteiger partial charge in [0.25, 0.3) is 0 Å². The molecule has 1 spiro atoms. The molecule has 4 heteroatoms. The fourth-order valence-electron chi connectivity index (χ4n) is 3.00. The van der Waals surface area contributed by atoms with Gasteiger partial charge >= 0.3 is 0 Å². The van der Waals surface area contributed by atoms with Crippen molar-refractivity contribution in [3.63, 3.8) is 0 Å². The molecule has 2 heterocycles. The molecule has 0 aromatic heterocycles. The Labute approximate surface area is 108 Å². The van der Waals surface area contributed by atoms with Gasteiger partial charge in [-0.3, -0.25) is 4.99 Å². The fourth-order valence-corrected chi connectivity index (χ4v) is 3.00. The van der Waals surface area contributed by atoms with E-state index >= 15 is 0 Å². The molecule has 2 aliphatic rings. The number of anilines is 1. The van der Waals surface area contributed by atoms with E-state index in [-0.39, 0.29) is 5.54 Å². The van der Waals surface area contributed by atoms with E-state index in [1.165, 1.54) is 5.69 Å². The Balaban J connectivity index is 1.69. The van der Waals surface area contributed by atoms with Crippen LogP contribution in [-0.4, -0.2) is 43.1 Å². The molecule has 0 unspecified atom stereocenters. The van der Waals surface area contributed by atoms with E-state index in [2.05, 4.69) is 52.2 Å². The Morgan fingerprint density at radius 3 is 2.39 bits per heavy atom. The molecule has 1 aromatic carbocycles. The quantitative estimate of drug-likeness (QED) is 0.809. The molecular weight excluding hydrogens is 224 g/mol. The first kappa shape index (κ1) is 11.4. The first-order valence-electron chi connectivity index (χ1n) is 6.55. The number of benzene rings is 1. The lowest BCUT2D eigenvalue weighted by Gasteiger charge is -2.44. The van der Waals surface area contributed by atoms with Gasteiger partial charge in [0.1, 0.15) is 0 Å². The molecule has 2 N–H and O–H groups in total. The predicted molar refractivity (Wildman–Crippen MR) is 74.9 cm³/mol. The normalized spacial score (nSPS) is 22.4. The zero-order chi connectivity index (χ0) is 12.6. The summed E-state index contributed by atoms with van der Waals surface area (Å²) in [6, 6.07) is 10.6. The highest BCUT2D eigenvalue weighted by Crippen LogP contribution is 2.33. The van der Waals surface area contributed by atoms with Crippen LogP contribution >= 0.6 is 0 Å². The van der Waals surface area contributed by atoms with E-state index in [9.17, 15) is 0 Å². The highest BCUT2D eigenvalue weighted by molar-refractivity contribution is 5.80. The van der Waals surface area contributed by atoms with Crippen LogP contribution in [-0.2, 0) is 0 Å². The van der Waals surface area contributed by atoms with Gasteiger partial charge in [0, 0.05) is 25.8 Å². The smallest absolute Gasteiger partial charge is 0.191 e. The number of hydrogen-bond donors (Lipinski definition) is 1. The Morgan fingerprint density at radius 1 is 1.17 bits per heavy atom. The maximum absolute atomic E-state index is 5.89. The third-order valence-electron chi connectivity index (χ3n) is 4.41. The average Bonchev–Trinajstić information content (AvgIpc) is 2.70. The van der Waals surface area contributed by atoms with Gasteiger partial charge in [-0.25, -0.2) is 0 Å². The second-order valence-corrected chi connectivity index (χ2v) is 5.28. The number of likely N-dealkylation sites (N-methyl/N-ethyl adjacent to an activating group) is 1. The van der Waals surface area contributed by atoms with Crippen LogP contribution < -0.4 is 10.6 Å². The van der Waals surface area contributed by atoms with Crippen molar-refractivity contribution in [3.8, 4) is 0 Å². The van der Waals surface area contributed by atoms with Gasteiger partial charge in [0.2, 0.25) is 0 Å². The minimum Gasteiger partial charge on any atom is -0.371 e. The van der Waals surface area contributed by atoms with E-state index in [0.29, 0.717) is 5.96 Å². The van der Waals surface area contributed by atoms with Crippen molar-refractivity contribution in [1.82, 2.24) is 4.90 Å². The van der Waals surface area contributed by atoms with Crippen LogP contribution in [0.3, 0.4) is 0 Å². The second kappa shape index (κ2) is 4.19. The van der Waals surface area contributed by atoms with Crippen molar-refractivity contribution in [2.24, 2.45) is 10.7 Å². The number of aliphatic imine (C=N–C) groups is 1. The Morgan fingerprint density at radius 2 is 1.83 bits per heavy atom. The molecule has 0 radical (unpaired) electrons. The Kier molecular flexibility index (Phi) is 2.65. The number of para-hydroxylation sites is 1. The Bertz CT molecular complexity index is 446. The molecule has 18 heavy (non-hydrogen) atoms. The minimum absolute atomic E-state index is 0.176. The Hall–Kier alpha value is -1.71. The summed E-state index contributed by atoms with van der Waals surface area (Å²) < 4.78 is 0. The summed E-state index contributed by atoms with van der Waals surface area (Å²) in [5.41, 5.74) is 7.39. The molecular formula is C14H20N4. The monoisotopic (exact) mass is 244 g/mol. The lowest BCUT2D eigenvalue weighted by molar-refractivity contribution is 0.188. The summed E-state index contributed by atoms with van der Waals surface area (Å²) in [6.07, 6.45) is 2.26. The standard InChI is InChI=1S/C14H20N4/c1-17-13(15)16-11-14(17)7-9-18(10-8-14)12-5-3-2-4-6-12/h2-6H,7-11H2,1H3,(H2,15,16). The summed E-state index contributed by atoms with van der Waals surface area (Å²) >= 11 is 0. The molecule has 0 aliphatic carbocycles. The number of rotatable bonds is 1. The number of hydrogen-bond acceptors (Lipinski definition) is 4. The van der Waals surface area contributed by atoms with Crippen molar-refractivity contribution >= 4 is 11.6 Å². The predicted octanol–water partition coefficient (Wildman–Crippen LogP) is 1.29. The van der Waals surface area contributed by atoms with Crippen molar-refractivity contribution < 1.29 is 0 Å². The molecule has 96 valence electrons. The van der Waals surface area contributed by atoms with Crippen molar-refractivity contribution in [3.05, 3.63) is 30.3 Å². The summed E-state index contributed by atoms with van der Waals surface area (Å²) in [6.45, 7) is 3.02. The fraction of sp³-hybridized carbons (Fsp3) is 0.500. The molecule has 0 saturated carbocycles. The molecule has 0 bridgehead atoms. The molecule has 0 amide bonds. The van der Waals surface area contributed by atoms with Crippen LogP contribution in [0, 0.1) is 0 Å². The number of nitrogens with two attached hydrogens (primary N) is 1. The summed E-state index contributed by atoms with van der Waals surface area (Å²) in [7, 11) is 2.07. The highest BCUT2D eigenvalue weighted by atomic mass is 15.3. The lowest BCUT2D eigenvalue weighted by atomic mass is 9.87. The van der Waals surface area contributed by atoms with Gasteiger partial charge in [0.15, 0.2) is 5.96 Å². The zero-order valence-corrected chi connectivity index (χ0v) is 10.8. The molecule has 4 nitrogen and oxygen atoms in total. The van der Waals surface area contributed by atoms with Crippen LogP contribution in [0.2, 0.25) is 0 Å². The van der Waals surface area contributed by atoms with E-state index in [1.807, 2.05) is 0 Å². The molecule has 1 fully saturated rings. The summed E-state index contributed by atoms with van der Waals surface area (Å²) in [5.74, 6) is 0.697. The SMILES string of the molecule is CN1C(N)=NCC12CCN(c1ccccc1)CC2. The third kappa shape index (κ3) is 1.72. The average molecular weight is 244 g/mol. The third-order valence-corrected chi connectivity index (χ3v) is 4.41. The zero-order valence-electron chi connectivity index (χ0n) is 10.8. The number of piperidine rings is 1. The van der Waals surface area contributed by atoms with Crippen LogP contribution in [0.1, 0.15) is 12.8 Å². The van der Waals surface area contributed by atoms with Gasteiger partial charge in [-0.2, -0.15) is 0 Å². The van der Waals surface area contributed by atoms with Crippen LogP contribution in [0.5, 0.6) is 0 Å². The van der Waals surface area contributed by atoms with Gasteiger partial charge in [-0.15, -0.1) is 0 Å². The summed E-state index contributed by atoms with van der Waals surface area (Å²) in [4.78, 5) is 9.02. The first-order valence-corrected chi connectivity index (χ1v) is 6.55. The maximum Gasteiger partial charge on any atom is 0.191 e. The molecule has 1 saturated heterocycles. The van der Waals surface area contributed by atoms with Crippen LogP contribution in [0.4, 0.5) is 5.69 Å². The highest BCUT2D eigenvalue weighted by Gasteiger charge is 2.42. The van der Waals surface area contributed by atoms with E-state index in [4.69, 9.17) is 5.73 Å². The van der Waals surface area contributed by atoms with Crippen molar-refractivity contribution in [2.45, 2.75) is 18.4 Å². The summed E-state index contributed by atoms with van der Waals surface area (Å²) in [5, 5.41) is 0. The van der Waals surface area contributed by atoms with Crippen molar-refractivity contribution in [1.29, 1.82) is 0 Å². The van der Waals surface area contributed by atoms with Gasteiger partial charge < -0.3 is 15.5 Å². The topological polar surface area (TPSA) is 44.9 Å². The van der Waals surface area contributed by atoms with Gasteiger partial charge in [0.05, 0.1) is 12.1 Å². The maximum atomic E-state index is 5.89. The van der Waals surface area contributed by atoms with E-state index in [1.54, 1.807) is 0 Å². The lowest BCUT2D eigenvalue weighted by Crippen LogP contribution is -2.55.